The third kappa shape index (κ3) is 5.12. The standard InChI is InChI=1S/C20H18N2O5/c1-14-18(11-12-25-14)20(24)22-21-19(23)13-26-15-7-9-17(10-8-15)27-16-5-3-2-4-6-16/h2-12H,13H2,1H3,(H,21,23)(H,22,24). The molecule has 0 saturated heterocycles. The molecule has 1 heterocycles. The van der Waals surface area contributed by atoms with E-state index in [-0.39, 0.29) is 6.61 Å². The van der Waals surface area contributed by atoms with Crippen LogP contribution in [-0.2, 0) is 4.79 Å². The summed E-state index contributed by atoms with van der Waals surface area (Å²) in [4.78, 5) is 23.6. The van der Waals surface area contributed by atoms with Gasteiger partial charge < -0.3 is 13.9 Å². The van der Waals surface area contributed by atoms with E-state index in [1.54, 1.807) is 31.2 Å². The SMILES string of the molecule is Cc1occc1C(=O)NNC(=O)COc1ccc(Oc2ccccc2)cc1. The van der Waals surface area contributed by atoms with Crippen LogP contribution < -0.4 is 20.3 Å². The molecule has 1 aromatic heterocycles. The van der Waals surface area contributed by atoms with Gasteiger partial charge in [-0.2, -0.15) is 0 Å². The highest BCUT2D eigenvalue weighted by Crippen LogP contribution is 2.23. The van der Waals surface area contributed by atoms with Gasteiger partial charge in [0.15, 0.2) is 6.61 Å². The number of furan rings is 1. The molecule has 7 heteroatoms. The predicted molar refractivity (Wildman–Crippen MR) is 97.5 cm³/mol. The van der Waals surface area contributed by atoms with E-state index in [0.29, 0.717) is 22.8 Å². The van der Waals surface area contributed by atoms with Crippen LogP contribution in [0.2, 0.25) is 0 Å². The van der Waals surface area contributed by atoms with Crippen LogP contribution in [-0.4, -0.2) is 18.4 Å². The maximum absolute atomic E-state index is 11.9. The maximum atomic E-state index is 11.9. The van der Waals surface area contributed by atoms with Crippen molar-refractivity contribution in [1.82, 2.24) is 10.9 Å². The minimum absolute atomic E-state index is 0.246. The van der Waals surface area contributed by atoms with Crippen LogP contribution >= 0.6 is 0 Å². The number of para-hydroxylation sites is 1. The van der Waals surface area contributed by atoms with Crippen LogP contribution in [0.5, 0.6) is 17.2 Å². The lowest BCUT2D eigenvalue weighted by Gasteiger charge is -2.09. The molecule has 0 fully saturated rings. The molecule has 0 saturated carbocycles. The molecule has 0 unspecified atom stereocenters. The Bertz CT molecular complexity index is 904. The van der Waals surface area contributed by atoms with Crippen molar-refractivity contribution in [2.24, 2.45) is 0 Å². The fraction of sp³-hybridized carbons (Fsp3) is 0.100. The molecule has 3 rings (SSSR count). The van der Waals surface area contributed by atoms with Crippen LogP contribution in [0.15, 0.2) is 71.3 Å². The van der Waals surface area contributed by atoms with Crippen molar-refractivity contribution in [3.8, 4) is 17.2 Å². The molecule has 27 heavy (non-hydrogen) atoms. The Morgan fingerprint density at radius 1 is 0.889 bits per heavy atom. The lowest BCUT2D eigenvalue weighted by molar-refractivity contribution is -0.123. The molecule has 0 aliphatic rings. The predicted octanol–water partition coefficient (Wildman–Crippen LogP) is 3.22. The number of hydrogen-bond acceptors (Lipinski definition) is 5. The van der Waals surface area contributed by atoms with Gasteiger partial charge in [0.1, 0.15) is 23.0 Å². The normalized spacial score (nSPS) is 10.1. The first-order chi connectivity index (χ1) is 13.1. The van der Waals surface area contributed by atoms with Crippen molar-refractivity contribution in [3.63, 3.8) is 0 Å². The van der Waals surface area contributed by atoms with Crippen molar-refractivity contribution in [2.45, 2.75) is 6.92 Å². The van der Waals surface area contributed by atoms with E-state index in [4.69, 9.17) is 13.9 Å². The Hall–Kier alpha value is -3.74. The second kappa shape index (κ2) is 8.57. The third-order valence-electron chi connectivity index (χ3n) is 3.59. The summed E-state index contributed by atoms with van der Waals surface area (Å²) in [6.07, 6.45) is 1.40. The van der Waals surface area contributed by atoms with Crippen molar-refractivity contribution >= 4 is 11.8 Å². The molecule has 0 spiro atoms. The average molecular weight is 366 g/mol. The van der Waals surface area contributed by atoms with Crippen LogP contribution in [0, 0.1) is 6.92 Å². The van der Waals surface area contributed by atoms with Crippen molar-refractivity contribution in [2.75, 3.05) is 6.61 Å². The maximum Gasteiger partial charge on any atom is 0.276 e. The zero-order valence-electron chi connectivity index (χ0n) is 14.6. The van der Waals surface area contributed by atoms with E-state index in [9.17, 15) is 9.59 Å². The Balaban J connectivity index is 1.43. The number of carbonyl (C=O) groups excluding carboxylic acids is 2. The third-order valence-corrected chi connectivity index (χ3v) is 3.59. The van der Waals surface area contributed by atoms with Crippen LogP contribution in [0.3, 0.4) is 0 Å². The van der Waals surface area contributed by atoms with Crippen LogP contribution in [0.1, 0.15) is 16.1 Å². The number of nitrogens with one attached hydrogen (secondary N) is 2. The molecule has 0 radical (unpaired) electrons. The van der Waals surface area contributed by atoms with Gasteiger partial charge >= 0.3 is 0 Å². The molecule has 0 aliphatic heterocycles. The van der Waals surface area contributed by atoms with E-state index in [1.807, 2.05) is 30.3 Å². The minimum Gasteiger partial charge on any atom is -0.484 e. The summed E-state index contributed by atoms with van der Waals surface area (Å²) < 4.78 is 16.1. The molecule has 3 aromatic rings. The van der Waals surface area contributed by atoms with Gasteiger partial charge in [-0.15, -0.1) is 0 Å². The number of aryl methyl sites for hydroxylation is 1. The highest BCUT2D eigenvalue weighted by atomic mass is 16.5. The van der Waals surface area contributed by atoms with Crippen molar-refractivity contribution < 1.29 is 23.5 Å². The van der Waals surface area contributed by atoms with E-state index in [2.05, 4.69) is 10.9 Å². The number of carbonyl (C=O) groups is 2. The summed E-state index contributed by atoms with van der Waals surface area (Å²) in [6, 6.07) is 17.8. The number of benzene rings is 2. The monoisotopic (exact) mass is 366 g/mol. The summed E-state index contributed by atoms with van der Waals surface area (Å²) in [7, 11) is 0. The molecule has 2 amide bonds. The summed E-state index contributed by atoms with van der Waals surface area (Å²) in [6.45, 7) is 1.41. The van der Waals surface area contributed by atoms with Gasteiger partial charge in [0.25, 0.3) is 11.8 Å². The lowest BCUT2D eigenvalue weighted by Crippen LogP contribution is -2.43. The topological polar surface area (TPSA) is 89.8 Å². The van der Waals surface area contributed by atoms with Crippen molar-refractivity contribution in [3.05, 3.63) is 78.3 Å². The zero-order valence-corrected chi connectivity index (χ0v) is 14.6. The van der Waals surface area contributed by atoms with Crippen LogP contribution in [0.25, 0.3) is 0 Å². The Labute approximate surface area is 155 Å². The largest absolute Gasteiger partial charge is 0.484 e. The Morgan fingerprint density at radius 3 is 2.22 bits per heavy atom. The molecule has 2 N–H and O–H groups in total. The Morgan fingerprint density at radius 2 is 1.56 bits per heavy atom. The van der Waals surface area contributed by atoms with Crippen molar-refractivity contribution in [1.29, 1.82) is 0 Å². The summed E-state index contributed by atoms with van der Waals surface area (Å²) in [5.41, 5.74) is 4.93. The van der Waals surface area contributed by atoms with Gasteiger partial charge in [0.05, 0.1) is 11.8 Å². The van der Waals surface area contributed by atoms with Gasteiger partial charge in [0.2, 0.25) is 0 Å². The van der Waals surface area contributed by atoms with E-state index in [1.165, 1.54) is 12.3 Å². The first-order valence-electron chi connectivity index (χ1n) is 8.21. The number of hydrazine groups is 1. The fourth-order valence-corrected chi connectivity index (χ4v) is 2.23. The summed E-state index contributed by atoms with van der Waals surface area (Å²) >= 11 is 0. The average Bonchev–Trinajstić information content (AvgIpc) is 3.12. The number of ether oxygens (including phenoxy) is 2. The quantitative estimate of drug-likeness (QED) is 0.654. The summed E-state index contributed by atoms with van der Waals surface area (Å²) in [5, 5.41) is 0. The Kier molecular flexibility index (Phi) is 5.73. The number of hydrogen-bond donors (Lipinski definition) is 2. The second-order valence-corrected chi connectivity index (χ2v) is 5.57. The second-order valence-electron chi connectivity index (χ2n) is 5.57. The lowest BCUT2D eigenvalue weighted by atomic mass is 10.2. The molecule has 0 bridgehead atoms. The first kappa shape index (κ1) is 18.1. The molecule has 138 valence electrons. The van der Waals surface area contributed by atoms with Crippen LogP contribution in [0.4, 0.5) is 0 Å². The zero-order chi connectivity index (χ0) is 19.1. The fourth-order valence-electron chi connectivity index (χ4n) is 2.23. The van der Waals surface area contributed by atoms with E-state index >= 15 is 0 Å². The smallest absolute Gasteiger partial charge is 0.276 e. The first-order valence-corrected chi connectivity index (χ1v) is 8.21. The number of rotatable bonds is 6. The highest BCUT2D eigenvalue weighted by molar-refractivity contribution is 5.96. The van der Waals surface area contributed by atoms with Gasteiger partial charge in [0, 0.05) is 0 Å². The van der Waals surface area contributed by atoms with Gasteiger partial charge in [-0.3, -0.25) is 20.4 Å². The van der Waals surface area contributed by atoms with E-state index < -0.39 is 11.8 Å². The highest BCUT2D eigenvalue weighted by Gasteiger charge is 2.12. The number of amides is 2. The van der Waals surface area contributed by atoms with Gasteiger partial charge in [-0.05, 0) is 49.4 Å². The molecule has 0 aliphatic carbocycles. The van der Waals surface area contributed by atoms with Gasteiger partial charge in [-0.25, -0.2) is 0 Å². The van der Waals surface area contributed by atoms with Gasteiger partial charge in [-0.1, -0.05) is 18.2 Å². The molecule has 0 atom stereocenters. The molecular formula is C20H18N2O5. The molecule has 2 aromatic carbocycles. The minimum atomic E-state index is -0.492. The molecular weight excluding hydrogens is 348 g/mol. The van der Waals surface area contributed by atoms with E-state index in [0.717, 1.165) is 5.75 Å². The molecule has 7 nitrogen and oxygen atoms in total. The summed E-state index contributed by atoms with van der Waals surface area (Å²) in [5.74, 6) is 1.40.